The van der Waals surface area contributed by atoms with Crippen molar-refractivity contribution in [2.45, 2.75) is 43.8 Å². The molecule has 3 aromatic carbocycles. The number of sulfonamides is 1. The summed E-state index contributed by atoms with van der Waals surface area (Å²) < 4.78 is 42.6. The van der Waals surface area contributed by atoms with Crippen molar-refractivity contribution < 1.29 is 17.6 Å². The van der Waals surface area contributed by atoms with Crippen LogP contribution < -0.4 is 0 Å². The summed E-state index contributed by atoms with van der Waals surface area (Å²) in [6.07, 6.45) is 1.47. The Kier molecular flexibility index (Phi) is 6.92. The molecule has 1 heterocycles. The number of rotatable bonds is 9. The highest BCUT2D eigenvalue weighted by Gasteiger charge is 2.40. The molecule has 8 heteroatoms. The van der Waals surface area contributed by atoms with E-state index in [1.54, 1.807) is 46.6 Å². The molecule has 5 rings (SSSR count). The van der Waals surface area contributed by atoms with E-state index in [9.17, 15) is 17.6 Å². The zero-order valence-electron chi connectivity index (χ0n) is 19.9. The smallest absolute Gasteiger partial charge is 0.244 e. The van der Waals surface area contributed by atoms with Crippen molar-refractivity contribution in [3.63, 3.8) is 0 Å². The standard InChI is InChI=1S/C28H27FN2O3S2/c1-20-15-16-35-26(20)18-30(17-21-9-11-23(29)12-10-21)28(32)19-31(24-13-14-24)36(33,34)27-8-4-6-22-5-2-3-7-25(22)27/h2-12,15-16,24H,13-14,17-19H2,1H3. The van der Waals surface area contributed by atoms with Crippen LogP contribution in [0.25, 0.3) is 10.8 Å². The van der Waals surface area contributed by atoms with Gasteiger partial charge in [0.1, 0.15) is 5.82 Å². The largest absolute Gasteiger partial charge is 0.332 e. The summed E-state index contributed by atoms with van der Waals surface area (Å²) in [7, 11) is -3.90. The first-order valence-corrected chi connectivity index (χ1v) is 14.2. The minimum absolute atomic E-state index is 0.186. The van der Waals surface area contributed by atoms with Crippen LogP contribution in [0, 0.1) is 12.7 Å². The number of amides is 1. The lowest BCUT2D eigenvalue weighted by molar-refractivity contribution is -0.132. The Labute approximate surface area is 214 Å². The molecule has 0 unspecified atom stereocenters. The van der Waals surface area contributed by atoms with Crippen molar-refractivity contribution in [1.29, 1.82) is 0 Å². The number of hydrogen-bond donors (Lipinski definition) is 0. The van der Waals surface area contributed by atoms with Crippen LogP contribution in [0.5, 0.6) is 0 Å². The van der Waals surface area contributed by atoms with Crippen LogP contribution in [0.2, 0.25) is 0 Å². The first kappa shape index (κ1) is 24.6. The molecule has 1 aromatic heterocycles. The number of benzene rings is 3. The molecule has 0 N–H and O–H groups in total. The molecule has 186 valence electrons. The predicted octanol–water partition coefficient (Wildman–Crippen LogP) is 5.73. The first-order chi connectivity index (χ1) is 17.3. The summed E-state index contributed by atoms with van der Waals surface area (Å²) in [4.78, 5) is 16.6. The minimum atomic E-state index is -3.90. The number of nitrogens with zero attached hydrogens (tertiary/aromatic N) is 2. The van der Waals surface area contributed by atoms with Crippen LogP contribution in [-0.4, -0.2) is 36.1 Å². The van der Waals surface area contributed by atoms with E-state index >= 15 is 0 Å². The molecule has 0 saturated heterocycles. The van der Waals surface area contributed by atoms with Gasteiger partial charge in [0.15, 0.2) is 0 Å². The number of hydrogen-bond acceptors (Lipinski definition) is 4. The zero-order valence-corrected chi connectivity index (χ0v) is 21.6. The van der Waals surface area contributed by atoms with Crippen LogP contribution in [0.3, 0.4) is 0 Å². The molecule has 5 nitrogen and oxygen atoms in total. The molecule has 1 fully saturated rings. The van der Waals surface area contributed by atoms with E-state index in [2.05, 4.69) is 0 Å². The summed E-state index contributed by atoms with van der Waals surface area (Å²) in [6, 6.07) is 20.5. The molecule has 0 aliphatic heterocycles. The van der Waals surface area contributed by atoms with Crippen LogP contribution in [0.1, 0.15) is 28.8 Å². The van der Waals surface area contributed by atoms with Gasteiger partial charge in [-0.2, -0.15) is 4.31 Å². The van der Waals surface area contributed by atoms with Crippen molar-refractivity contribution in [2.75, 3.05) is 6.54 Å². The van der Waals surface area contributed by atoms with Crippen molar-refractivity contribution in [3.05, 3.63) is 100.0 Å². The van der Waals surface area contributed by atoms with Crippen LogP contribution in [0.4, 0.5) is 4.39 Å². The van der Waals surface area contributed by atoms with E-state index in [-0.39, 0.29) is 35.8 Å². The zero-order chi connectivity index (χ0) is 25.3. The molecule has 1 amide bonds. The summed E-state index contributed by atoms with van der Waals surface area (Å²) in [5, 5.41) is 3.47. The predicted molar refractivity (Wildman–Crippen MR) is 141 cm³/mol. The topological polar surface area (TPSA) is 57.7 Å². The van der Waals surface area contributed by atoms with E-state index in [0.29, 0.717) is 11.9 Å². The third-order valence-electron chi connectivity index (χ3n) is 6.52. The van der Waals surface area contributed by atoms with Gasteiger partial charge in [0.25, 0.3) is 0 Å². The number of fused-ring (bicyclic) bond motifs is 1. The fourth-order valence-electron chi connectivity index (χ4n) is 4.33. The molecule has 0 spiro atoms. The fourth-order valence-corrected chi connectivity index (χ4v) is 7.11. The van der Waals surface area contributed by atoms with E-state index < -0.39 is 10.0 Å². The Bertz CT molecular complexity index is 1490. The Morgan fingerprint density at radius 1 is 0.972 bits per heavy atom. The number of carbonyl (C=O) groups is 1. The van der Waals surface area contributed by atoms with Crippen LogP contribution in [0.15, 0.2) is 83.1 Å². The highest BCUT2D eigenvalue weighted by molar-refractivity contribution is 7.89. The maximum absolute atomic E-state index is 13.9. The van der Waals surface area contributed by atoms with Crippen molar-refractivity contribution in [3.8, 4) is 0 Å². The van der Waals surface area contributed by atoms with Gasteiger partial charge in [-0.1, -0.05) is 48.5 Å². The summed E-state index contributed by atoms with van der Waals surface area (Å²) in [5.74, 6) is -0.616. The third kappa shape index (κ3) is 5.21. The van der Waals surface area contributed by atoms with Gasteiger partial charge in [-0.05, 0) is 65.9 Å². The number of thiophene rings is 1. The fraction of sp³-hybridized carbons (Fsp3) is 0.250. The van der Waals surface area contributed by atoms with Gasteiger partial charge in [-0.15, -0.1) is 11.3 Å². The first-order valence-electron chi connectivity index (χ1n) is 11.9. The Hall–Kier alpha value is -3.07. The van der Waals surface area contributed by atoms with Gasteiger partial charge in [0.2, 0.25) is 15.9 Å². The lowest BCUT2D eigenvalue weighted by Crippen LogP contribution is -2.43. The monoisotopic (exact) mass is 522 g/mol. The number of carbonyl (C=O) groups excluding carboxylic acids is 1. The lowest BCUT2D eigenvalue weighted by atomic mass is 10.1. The highest BCUT2D eigenvalue weighted by Crippen LogP contribution is 2.34. The lowest BCUT2D eigenvalue weighted by Gasteiger charge is -2.28. The molecular formula is C28H27FN2O3S2. The van der Waals surface area contributed by atoms with Gasteiger partial charge in [-0.25, -0.2) is 12.8 Å². The van der Waals surface area contributed by atoms with Crippen LogP contribution in [-0.2, 0) is 27.9 Å². The normalized spacial score (nSPS) is 13.9. The van der Waals surface area contributed by atoms with E-state index in [1.807, 2.05) is 42.6 Å². The molecule has 0 radical (unpaired) electrons. The van der Waals surface area contributed by atoms with Gasteiger partial charge in [0, 0.05) is 22.8 Å². The Morgan fingerprint density at radius 3 is 2.39 bits per heavy atom. The third-order valence-corrected chi connectivity index (χ3v) is 9.49. The second-order valence-corrected chi connectivity index (χ2v) is 12.0. The summed E-state index contributed by atoms with van der Waals surface area (Å²) in [6.45, 7) is 2.39. The SMILES string of the molecule is Cc1ccsc1CN(Cc1ccc(F)cc1)C(=O)CN(C1CC1)S(=O)(=O)c1cccc2ccccc12. The maximum atomic E-state index is 13.9. The second-order valence-electron chi connectivity index (χ2n) is 9.16. The average Bonchev–Trinajstić information content (AvgIpc) is 3.64. The number of aryl methyl sites for hydroxylation is 1. The number of halogens is 1. The van der Waals surface area contributed by atoms with Crippen LogP contribution >= 0.6 is 11.3 Å². The van der Waals surface area contributed by atoms with Crippen molar-refractivity contribution in [1.82, 2.24) is 9.21 Å². The molecule has 1 aliphatic carbocycles. The molecule has 1 aliphatic rings. The van der Waals surface area contributed by atoms with E-state index in [1.165, 1.54) is 16.4 Å². The summed E-state index contributed by atoms with van der Waals surface area (Å²) >= 11 is 1.56. The minimum Gasteiger partial charge on any atom is -0.332 e. The molecular weight excluding hydrogens is 495 g/mol. The molecule has 4 aromatic rings. The van der Waals surface area contributed by atoms with Gasteiger partial charge in [0.05, 0.1) is 18.0 Å². The maximum Gasteiger partial charge on any atom is 0.244 e. The van der Waals surface area contributed by atoms with Crippen molar-refractivity contribution >= 4 is 38.0 Å². The van der Waals surface area contributed by atoms with Gasteiger partial charge < -0.3 is 4.90 Å². The Morgan fingerprint density at radius 2 is 1.69 bits per heavy atom. The second kappa shape index (κ2) is 10.1. The quantitative estimate of drug-likeness (QED) is 0.282. The van der Waals surface area contributed by atoms with E-state index in [4.69, 9.17) is 0 Å². The van der Waals surface area contributed by atoms with Crippen molar-refractivity contribution in [2.24, 2.45) is 0 Å². The van der Waals surface area contributed by atoms with Gasteiger partial charge in [-0.3, -0.25) is 4.79 Å². The summed E-state index contributed by atoms with van der Waals surface area (Å²) in [5.41, 5.74) is 1.87. The van der Waals surface area contributed by atoms with Gasteiger partial charge >= 0.3 is 0 Å². The average molecular weight is 523 g/mol. The molecule has 0 bridgehead atoms. The molecule has 36 heavy (non-hydrogen) atoms. The van der Waals surface area contributed by atoms with E-state index in [0.717, 1.165) is 34.2 Å². The highest BCUT2D eigenvalue weighted by atomic mass is 32.2. The molecule has 0 atom stereocenters. The molecule has 1 saturated carbocycles. The Balaban J connectivity index is 1.45.